The minimum atomic E-state index is 0.756. The molecule has 0 atom stereocenters. The maximum absolute atomic E-state index is 5.27. The predicted molar refractivity (Wildman–Crippen MR) is 92.6 cm³/mol. The van der Waals surface area contributed by atoms with Crippen LogP contribution in [0.25, 0.3) is 0 Å². The molecule has 0 aliphatic heterocycles. The van der Waals surface area contributed by atoms with E-state index in [2.05, 4.69) is 41.4 Å². The lowest BCUT2D eigenvalue weighted by Gasteiger charge is -2.18. The summed E-state index contributed by atoms with van der Waals surface area (Å²) < 4.78 is 2.02. The van der Waals surface area contributed by atoms with Crippen LogP contribution in [-0.4, -0.2) is 52.5 Å². The van der Waals surface area contributed by atoms with Crippen LogP contribution in [0.3, 0.4) is 0 Å². The van der Waals surface area contributed by atoms with Gasteiger partial charge in [-0.05, 0) is 57.7 Å². The van der Waals surface area contributed by atoms with Crippen molar-refractivity contribution in [3.05, 3.63) is 18.0 Å². The molecule has 2 N–H and O–H groups in total. The summed E-state index contributed by atoms with van der Waals surface area (Å²) in [5.74, 6) is 0. The highest BCUT2D eigenvalue weighted by Crippen LogP contribution is 1.96. The first-order chi connectivity index (χ1) is 10.2. The van der Waals surface area contributed by atoms with Gasteiger partial charge in [0.05, 0.1) is 0 Å². The average molecular weight is 311 g/mol. The molecule has 6 heteroatoms. The van der Waals surface area contributed by atoms with E-state index >= 15 is 0 Å². The van der Waals surface area contributed by atoms with Gasteiger partial charge >= 0.3 is 0 Å². The van der Waals surface area contributed by atoms with E-state index in [9.17, 15) is 0 Å². The van der Waals surface area contributed by atoms with Gasteiger partial charge in [-0.1, -0.05) is 13.8 Å². The van der Waals surface area contributed by atoms with Crippen LogP contribution in [0.5, 0.6) is 0 Å². The van der Waals surface area contributed by atoms with Gasteiger partial charge in [-0.25, -0.2) is 0 Å². The van der Waals surface area contributed by atoms with Crippen molar-refractivity contribution in [2.45, 2.75) is 40.2 Å². The molecule has 0 amide bonds. The molecule has 1 heterocycles. The van der Waals surface area contributed by atoms with Gasteiger partial charge < -0.3 is 15.5 Å². The zero-order chi connectivity index (χ0) is 15.5. The van der Waals surface area contributed by atoms with Gasteiger partial charge in [0.25, 0.3) is 0 Å². The molecule has 1 rings (SSSR count). The van der Waals surface area contributed by atoms with Crippen molar-refractivity contribution in [2.24, 2.45) is 0 Å². The van der Waals surface area contributed by atoms with E-state index in [0.29, 0.717) is 0 Å². The molecule has 0 aliphatic carbocycles. The maximum atomic E-state index is 5.27. The normalized spacial score (nSPS) is 10.9. The largest absolute Gasteiger partial charge is 0.363 e. The summed E-state index contributed by atoms with van der Waals surface area (Å²) in [7, 11) is 0. The minimum Gasteiger partial charge on any atom is -0.363 e. The van der Waals surface area contributed by atoms with E-state index in [1.165, 1.54) is 5.69 Å². The van der Waals surface area contributed by atoms with Gasteiger partial charge in [-0.15, -0.1) is 0 Å². The number of hydrogen-bond acceptors (Lipinski definition) is 3. The molecule has 0 aliphatic rings. The molecular weight excluding hydrogens is 282 g/mol. The van der Waals surface area contributed by atoms with Crippen LogP contribution in [0, 0.1) is 6.92 Å². The minimum absolute atomic E-state index is 0.756. The van der Waals surface area contributed by atoms with Crippen molar-refractivity contribution in [3.63, 3.8) is 0 Å². The number of nitrogens with zero attached hydrogens (tertiary/aromatic N) is 3. The van der Waals surface area contributed by atoms with Gasteiger partial charge in [0.15, 0.2) is 5.11 Å². The van der Waals surface area contributed by atoms with Crippen LogP contribution in [0.15, 0.2) is 12.3 Å². The average Bonchev–Trinajstić information content (AvgIpc) is 2.89. The Hall–Kier alpha value is -1.14. The fourth-order valence-electron chi connectivity index (χ4n) is 2.17. The lowest BCUT2D eigenvalue weighted by Crippen LogP contribution is -2.37. The number of hydrogen-bond donors (Lipinski definition) is 2. The van der Waals surface area contributed by atoms with Crippen LogP contribution in [0.1, 0.15) is 32.4 Å². The third-order valence-electron chi connectivity index (χ3n) is 3.59. The van der Waals surface area contributed by atoms with Crippen molar-refractivity contribution in [2.75, 3.05) is 32.7 Å². The quantitative estimate of drug-likeness (QED) is 0.509. The van der Waals surface area contributed by atoms with E-state index in [0.717, 1.165) is 57.2 Å². The Morgan fingerprint density at radius 3 is 2.48 bits per heavy atom. The smallest absolute Gasteiger partial charge is 0.166 e. The Morgan fingerprint density at radius 2 is 1.90 bits per heavy atom. The second kappa shape index (κ2) is 10.6. The van der Waals surface area contributed by atoms with E-state index in [-0.39, 0.29) is 0 Å². The Balaban J connectivity index is 2.00. The Bertz CT molecular complexity index is 401. The SMILES string of the molecule is CCN(CC)CCCNC(=S)NCCCn1nccc1C. The number of rotatable bonds is 10. The topological polar surface area (TPSA) is 45.1 Å². The third-order valence-corrected chi connectivity index (χ3v) is 3.88. The van der Waals surface area contributed by atoms with Gasteiger partial charge in [0.2, 0.25) is 0 Å². The highest BCUT2D eigenvalue weighted by atomic mass is 32.1. The van der Waals surface area contributed by atoms with Crippen LogP contribution < -0.4 is 10.6 Å². The summed E-state index contributed by atoms with van der Waals surface area (Å²) in [5, 5.41) is 11.5. The Labute approximate surface area is 134 Å². The van der Waals surface area contributed by atoms with Crippen molar-refractivity contribution in [3.8, 4) is 0 Å². The summed E-state index contributed by atoms with van der Waals surface area (Å²) in [6.07, 6.45) is 3.98. The van der Waals surface area contributed by atoms with Gasteiger partial charge in [-0.3, -0.25) is 4.68 Å². The summed E-state index contributed by atoms with van der Waals surface area (Å²) >= 11 is 5.27. The van der Waals surface area contributed by atoms with E-state index < -0.39 is 0 Å². The lowest BCUT2D eigenvalue weighted by molar-refractivity contribution is 0.300. The molecule has 1 aromatic heterocycles. The van der Waals surface area contributed by atoms with E-state index in [1.807, 2.05) is 16.9 Å². The fraction of sp³-hybridized carbons (Fsp3) is 0.733. The molecule has 0 unspecified atom stereocenters. The first-order valence-corrected chi connectivity index (χ1v) is 8.30. The fourth-order valence-corrected chi connectivity index (χ4v) is 2.37. The lowest BCUT2D eigenvalue weighted by atomic mass is 10.3. The summed E-state index contributed by atoms with van der Waals surface area (Å²) in [5.41, 5.74) is 1.20. The van der Waals surface area contributed by atoms with Crippen molar-refractivity contribution in [1.82, 2.24) is 25.3 Å². The third kappa shape index (κ3) is 7.43. The van der Waals surface area contributed by atoms with E-state index in [1.54, 1.807) is 0 Å². The maximum Gasteiger partial charge on any atom is 0.166 e. The summed E-state index contributed by atoms with van der Waals surface area (Å²) in [4.78, 5) is 2.42. The molecule has 0 fully saturated rings. The molecule has 5 nitrogen and oxygen atoms in total. The zero-order valence-electron chi connectivity index (χ0n) is 13.6. The Kier molecular flexibility index (Phi) is 9.01. The second-order valence-electron chi connectivity index (χ2n) is 5.11. The molecule has 0 aromatic carbocycles. The molecule has 0 radical (unpaired) electrons. The molecule has 0 spiro atoms. The first kappa shape index (κ1) is 17.9. The molecular formula is C15H29N5S. The number of nitrogens with one attached hydrogen (secondary N) is 2. The standard InChI is InChI=1S/C15H29N5S/c1-4-19(5-2)12-6-9-16-15(21)17-10-7-13-20-14(3)8-11-18-20/h8,11H,4-7,9-10,12-13H2,1-3H3,(H2,16,17,21). The van der Waals surface area contributed by atoms with Crippen LogP contribution in [0.4, 0.5) is 0 Å². The predicted octanol–water partition coefficient (Wildman–Crippen LogP) is 1.78. The monoisotopic (exact) mass is 311 g/mol. The van der Waals surface area contributed by atoms with Gasteiger partial charge in [0, 0.05) is 31.5 Å². The molecule has 120 valence electrons. The molecule has 1 aromatic rings. The highest BCUT2D eigenvalue weighted by molar-refractivity contribution is 7.80. The highest BCUT2D eigenvalue weighted by Gasteiger charge is 2.00. The summed E-state index contributed by atoms with van der Waals surface area (Å²) in [6, 6.07) is 2.02. The summed E-state index contributed by atoms with van der Waals surface area (Å²) in [6.45, 7) is 12.6. The van der Waals surface area contributed by atoms with Crippen molar-refractivity contribution >= 4 is 17.3 Å². The zero-order valence-corrected chi connectivity index (χ0v) is 14.4. The second-order valence-corrected chi connectivity index (χ2v) is 5.52. The van der Waals surface area contributed by atoms with Crippen molar-refractivity contribution < 1.29 is 0 Å². The van der Waals surface area contributed by atoms with Crippen molar-refractivity contribution in [1.29, 1.82) is 0 Å². The van der Waals surface area contributed by atoms with Gasteiger partial charge in [0.1, 0.15) is 0 Å². The van der Waals surface area contributed by atoms with Gasteiger partial charge in [-0.2, -0.15) is 5.10 Å². The Morgan fingerprint density at radius 1 is 1.24 bits per heavy atom. The molecule has 21 heavy (non-hydrogen) atoms. The number of aromatic nitrogens is 2. The number of aryl methyl sites for hydroxylation is 2. The van der Waals surface area contributed by atoms with Crippen LogP contribution in [0.2, 0.25) is 0 Å². The van der Waals surface area contributed by atoms with E-state index in [4.69, 9.17) is 12.2 Å². The van der Waals surface area contributed by atoms with Crippen LogP contribution >= 0.6 is 12.2 Å². The first-order valence-electron chi connectivity index (χ1n) is 7.89. The number of thiocarbonyl (C=S) groups is 1. The molecule has 0 bridgehead atoms. The molecule has 0 saturated carbocycles. The van der Waals surface area contributed by atoms with Crippen LogP contribution in [-0.2, 0) is 6.54 Å². The molecule has 0 saturated heterocycles.